The number of likely N-dealkylation sites (tertiary alicyclic amines) is 1. The topological polar surface area (TPSA) is 64.7 Å². The second kappa shape index (κ2) is 6.09. The highest BCUT2D eigenvalue weighted by Crippen LogP contribution is 2.36. The molecule has 0 aromatic heterocycles. The van der Waals surface area contributed by atoms with Crippen LogP contribution in [-0.2, 0) is 4.79 Å². The Morgan fingerprint density at radius 2 is 2.08 bits per heavy atom. The molecule has 1 aromatic rings. The van der Waals surface area contributed by atoms with Crippen LogP contribution in [-0.4, -0.2) is 60.0 Å². The Bertz CT molecular complexity index is 631. The van der Waals surface area contributed by atoms with Crippen molar-refractivity contribution >= 4 is 17.6 Å². The lowest BCUT2D eigenvalue weighted by atomic mass is 9.93. The smallest absolute Gasteiger partial charge is 0.321 e. The minimum atomic E-state index is -0.0927. The molecule has 2 heterocycles. The average molecular weight is 328 g/mol. The van der Waals surface area contributed by atoms with E-state index in [9.17, 15) is 9.59 Å². The summed E-state index contributed by atoms with van der Waals surface area (Å²) in [4.78, 5) is 28.6. The molecule has 6 nitrogen and oxygen atoms in total. The van der Waals surface area contributed by atoms with Gasteiger partial charge in [0.25, 0.3) is 0 Å². The quantitative estimate of drug-likeness (QED) is 0.884. The molecule has 0 radical (unpaired) electrons. The van der Waals surface area contributed by atoms with Gasteiger partial charge in [-0.2, -0.15) is 0 Å². The zero-order valence-corrected chi connectivity index (χ0v) is 13.8. The molecule has 1 aromatic carbocycles. The summed E-state index contributed by atoms with van der Waals surface area (Å²) in [5, 5.41) is 5.97. The normalized spacial score (nSPS) is 27.3. The molecule has 1 atom stereocenters. The van der Waals surface area contributed by atoms with Crippen LogP contribution in [0.15, 0.2) is 30.3 Å². The first-order chi connectivity index (χ1) is 11.6. The van der Waals surface area contributed by atoms with Crippen LogP contribution in [0.4, 0.5) is 10.5 Å². The van der Waals surface area contributed by atoms with E-state index in [1.165, 1.54) is 12.8 Å². The van der Waals surface area contributed by atoms with E-state index in [0.717, 1.165) is 31.1 Å². The molecule has 1 spiro atoms. The number of benzene rings is 1. The van der Waals surface area contributed by atoms with Crippen molar-refractivity contribution in [2.45, 2.75) is 24.8 Å². The average Bonchev–Trinajstić information content (AvgIpc) is 3.29. The van der Waals surface area contributed by atoms with E-state index in [2.05, 4.69) is 15.5 Å². The van der Waals surface area contributed by atoms with Crippen molar-refractivity contribution in [1.82, 2.24) is 15.1 Å². The van der Waals surface area contributed by atoms with Crippen LogP contribution in [0.25, 0.3) is 0 Å². The van der Waals surface area contributed by atoms with Crippen LogP contribution in [0.1, 0.15) is 19.3 Å². The summed E-state index contributed by atoms with van der Waals surface area (Å²) < 4.78 is 0. The van der Waals surface area contributed by atoms with Gasteiger partial charge in [0.1, 0.15) is 0 Å². The van der Waals surface area contributed by atoms with Crippen LogP contribution in [0, 0.1) is 5.92 Å². The molecule has 3 aliphatic rings. The number of amides is 3. The van der Waals surface area contributed by atoms with E-state index in [1.54, 1.807) is 0 Å². The van der Waals surface area contributed by atoms with E-state index >= 15 is 0 Å². The highest BCUT2D eigenvalue weighted by molar-refractivity contribution is 5.89. The van der Waals surface area contributed by atoms with E-state index in [-0.39, 0.29) is 17.5 Å². The minimum absolute atomic E-state index is 0.0543. The second-order valence-electron chi connectivity index (χ2n) is 7.29. The summed E-state index contributed by atoms with van der Waals surface area (Å²) in [7, 11) is 0. The molecule has 128 valence electrons. The molecule has 3 amide bonds. The molecular formula is C18H24N4O2. The van der Waals surface area contributed by atoms with Gasteiger partial charge in [0, 0.05) is 31.9 Å². The highest BCUT2D eigenvalue weighted by atomic mass is 16.2. The number of piperazine rings is 1. The summed E-state index contributed by atoms with van der Waals surface area (Å²) in [6, 6.07) is 9.49. The predicted octanol–water partition coefficient (Wildman–Crippen LogP) is 1.50. The third kappa shape index (κ3) is 3.11. The lowest BCUT2D eigenvalue weighted by Gasteiger charge is -2.44. The fourth-order valence-corrected chi connectivity index (χ4v) is 3.80. The molecule has 6 heteroatoms. The van der Waals surface area contributed by atoms with Crippen LogP contribution in [0.5, 0.6) is 0 Å². The summed E-state index contributed by atoms with van der Waals surface area (Å²) >= 11 is 0. The van der Waals surface area contributed by atoms with Crippen LogP contribution in [0.3, 0.4) is 0 Å². The number of para-hydroxylation sites is 1. The second-order valence-corrected chi connectivity index (χ2v) is 7.29. The van der Waals surface area contributed by atoms with Crippen LogP contribution >= 0.6 is 0 Å². The molecule has 2 N–H and O–H groups in total. The van der Waals surface area contributed by atoms with Crippen molar-refractivity contribution in [2.24, 2.45) is 5.92 Å². The number of hydrogen-bond acceptors (Lipinski definition) is 3. The number of carbonyl (C=O) groups is 2. The van der Waals surface area contributed by atoms with Crippen LogP contribution in [0.2, 0.25) is 0 Å². The summed E-state index contributed by atoms with van der Waals surface area (Å²) in [5.41, 5.74) is 0.722. The zero-order chi connectivity index (χ0) is 16.6. The maximum atomic E-state index is 12.6. The maximum absolute atomic E-state index is 12.6. The number of nitrogens with one attached hydrogen (secondary N) is 2. The SMILES string of the molecule is O=C1CN(CC2CC2)[C@]2(CCN(C(=O)Nc3ccccc3)C2)CN1. The van der Waals surface area contributed by atoms with Crippen molar-refractivity contribution in [1.29, 1.82) is 0 Å². The Morgan fingerprint density at radius 1 is 1.29 bits per heavy atom. The molecular weight excluding hydrogens is 304 g/mol. The van der Waals surface area contributed by atoms with Gasteiger partial charge < -0.3 is 15.5 Å². The molecule has 0 unspecified atom stereocenters. The molecule has 2 saturated heterocycles. The molecule has 1 saturated carbocycles. The summed E-state index contributed by atoms with van der Waals surface area (Å²) in [6.45, 7) is 3.51. The Labute approximate surface area is 142 Å². The third-order valence-corrected chi connectivity index (χ3v) is 5.44. The fraction of sp³-hybridized carbons (Fsp3) is 0.556. The van der Waals surface area contributed by atoms with Gasteiger partial charge in [0.15, 0.2) is 0 Å². The third-order valence-electron chi connectivity index (χ3n) is 5.44. The Hall–Kier alpha value is -2.08. The fourth-order valence-electron chi connectivity index (χ4n) is 3.80. The number of anilines is 1. The van der Waals surface area contributed by atoms with Crippen LogP contribution < -0.4 is 10.6 Å². The van der Waals surface area contributed by atoms with Gasteiger partial charge in [-0.25, -0.2) is 4.79 Å². The van der Waals surface area contributed by atoms with Crippen molar-refractivity contribution in [3.05, 3.63) is 30.3 Å². The van der Waals surface area contributed by atoms with Crippen molar-refractivity contribution in [3.8, 4) is 0 Å². The van der Waals surface area contributed by atoms with Crippen molar-refractivity contribution in [2.75, 3.05) is 38.0 Å². The van der Waals surface area contributed by atoms with E-state index in [0.29, 0.717) is 19.6 Å². The van der Waals surface area contributed by atoms with Gasteiger partial charge in [0.2, 0.25) is 5.91 Å². The number of rotatable bonds is 3. The van der Waals surface area contributed by atoms with Gasteiger partial charge >= 0.3 is 6.03 Å². The number of hydrogen-bond donors (Lipinski definition) is 2. The van der Waals surface area contributed by atoms with Gasteiger partial charge in [-0.15, -0.1) is 0 Å². The van der Waals surface area contributed by atoms with Gasteiger partial charge in [-0.3, -0.25) is 9.69 Å². The predicted molar refractivity (Wildman–Crippen MR) is 91.7 cm³/mol. The largest absolute Gasteiger partial charge is 0.353 e. The van der Waals surface area contributed by atoms with Crippen molar-refractivity contribution in [3.63, 3.8) is 0 Å². The lowest BCUT2D eigenvalue weighted by molar-refractivity contribution is -0.128. The monoisotopic (exact) mass is 328 g/mol. The van der Waals surface area contributed by atoms with E-state index < -0.39 is 0 Å². The Morgan fingerprint density at radius 3 is 2.83 bits per heavy atom. The highest BCUT2D eigenvalue weighted by Gasteiger charge is 2.48. The molecule has 1 aliphatic carbocycles. The summed E-state index contributed by atoms with van der Waals surface area (Å²) in [6.07, 6.45) is 3.46. The first-order valence-corrected chi connectivity index (χ1v) is 8.77. The number of carbonyl (C=O) groups excluding carboxylic acids is 2. The Kier molecular flexibility index (Phi) is 3.92. The molecule has 24 heavy (non-hydrogen) atoms. The number of urea groups is 1. The van der Waals surface area contributed by atoms with Gasteiger partial charge in [-0.05, 0) is 37.3 Å². The van der Waals surface area contributed by atoms with Crippen molar-refractivity contribution < 1.29 is 9.59 Å². The number of nitrogens with zero attached hydrogens (tertiary/aromatic N) is 2. The van der Waals surface area contributed by atoms with E-state index in [1.807, 2.05) is 35.2 Å². The Balaban J connectivity index is 1.43. The zero-order valence-electron chi connectivity index (χ0n) is 13.8. The molecule has 2 aliphatic heterocycles. The van der Waals surface area contributed by atoms with Gasteiger partial charge in [0.05, 0.1) is 12.1 Å². The standard InChI is InChI=1S/C18H24N4O2/c23-16-11-22(10-14-6-7-14)18(12-19-16)8-9-21(13-18)17(24)20-15-4-2-1-3-5-15/h1-5,14H,6-13H2,(H,19,23)(H,20,24)/t18-/m1/s1. The maximum Gasteiger partial charge on any atom is 0.321 e. The molecule has 0 bridgehead atoms. The summed E-state index contributed by atoms with van der Waals surface area (Å²) in [5.74, 6) is 0.841. The first-order valence-electron chi connectivity index (χ1n) is 8.77. The molecule has 4 rings (SSSR count). The van der Waals surface area contributed by atoms with Gasteiger partial charge in [-0.1, -0.05) is 18.2 Å². The molecule has 3 fully saturated rings. The van der Waals surface area contributed by atoms with E-state index in [4.69, 9.17) is 0 Å². The lowest BCUT2D eigenvalue weighted by Crippen LogP contribution is -2.65. The first kappa shape index (κ1) is 15.4. The minimum Gasteiger partial charge on any atom is -0.353 e.